The standard InChI is InChI=1S/C15H18O3/c1-17-14(16)15(9-18-10-15)8-11-5-6-12-3-2-4-13(12)7-11/h5-7H,2-4,8-10H2,1H3. The monoisotopic (exact) mass is 246 g/mol. The second-order valence-electron chi connectivity index (χ2n) is 5.40. The number of hydrogen-bond acceptors (Lipinski definition) is 3. The fourth-order valence-corrected chi connectivity index (χ4v) is 2.98. The van der Waals surface area contributed by atoms with Gasteiger partial charge in [-0.3, -0.25) is 4.79 Å². The fraction of sp³-hybridized carbons (Fsp3) is 0.533. The number of hydrogen-bond donors (Lipinski definition) is 0. The number of carbonyl (C=O) groups excluding carboxylic acids is 1. The van der Waals surface area contributed by atoms with Crippen molar-refractivity contribution in [3.63, 3.8) is 0 Å². The molecule has 3 heteroatoms. The van der Waals surface area contributed by atoms with Crippen LogP contribution in [0.4, 0.5) is 0 Å². The van der Waals surface area contributed by atoms with Crippen molar-refractivity contribution >= 4 is 5.97 Å². The van der Waals surface area contributed by atoms with Crippen molar-refractivity contribution in [1.82, 2.24) is 0 Å². The summed E-state index contributed by atoms with van der Waals surface area (Å²) in [6, 6.07) is 6.61. The van der Waals surface area contributed by atoms with E-state index >= 15 is 0 Å². The van der Waals surface area contributed by atoms with E-state index in [-0.39, 0.29) is 5.97 Å². The quantitative estimate of drug-likeness (QED) is 0.764. The van der Waals surface area contributed by atoms with Gasteiger partial charge in [0.2, 0.25) is 0 Å². The molecule has 0 unspecified atom stereocenters. The van der Waals surface area contributed by atoms with E-state index in [1.54, 1.807) is 0 Å². The van der Waals surface area contributed by atoms with Crippen molar-refractivity contribution in [1.29, 1.82) is 0 Å². The average Bonchev–Trinajstić information content (AvgIpc) is 2.80. The second-order valence-corrected chi connectivity index (χ2v) is 5.40. The Morgan fingerprint density at radius 1 is 1.33 bits per heavy atom. The highest BCUT2D eigenvalue weighted by molar-refractivity contribution is 5.78. The summed E-state index contributed by atoms with van der Waals surface area (Å²) >= 11 is 0. The van der Waals surface area contributed by atoms with Crippen molar-refractivity contribution in [3.05, 3.63) is 34.9 Å². The van der Waals surface area contributed by atoms with Crippen LogP contribution in [0, 0.1) is 5.41 Å². The molecule has 0 atom stereocenters. The first-order valence-electron chi connectivity index (χ1n) is 6.50. The number of fused-ring (bicyclic) bond motifs is 1. The molecule has 1 saturated heterocycles. The molecule has 96 valence electrons. The number of benzene rings is 1. The van der Waals surface area contributed by atoms with Crippen LogP contribution in [0.25, 0.3) is 0 Å². The predicted octanol–water partition coefficient (Wildman–Crippen LogP) is 1.91. The van der Waals surface area contributed by atoms with Crippen LogP contribution < -0.4 is 0 Å². The first kappa shape index (κ1) is 11.7. The Labute approximate surface area is 107 Å². The first-order valence-corrected chi connectivity index (χ1v) is 6.50. The lowest BCUT2D eigenvalue weighted by Gasteiger charge is -2.38. The summed E-state index contributed by atoms with van der Waals surface area (Å²) in [5.41, 5.74) is 3.70. The molecule has 3 nitrogen and oxygen atoms in total. The third kappa shape index (κ3) is 1.83. The minimum Gasteiger partial charge on any atom is -0.468 e. The van der Waals surface area contributed by atoms with Gasteiger partial charge >= 0.3 is 5.97 Å². The van der Waals surface area contributed by atoms with Gasteiger partial charge in [0.1, 0.15) is 5.41 Å². The van der Waals surface area contributed by atoms with E-state index in [9.17, 15) is 4.79 Å². The molecule has 1 aliphatic carbocycles. The molecule has 2 aliphatic rings. The number of methoxy groups -OCH3 is 1. The molecular formula is C15H18O3. The van der Waals surface area contributed by atoms with E-state index in [1.807, 2.05) is 0 Å². The highest BCUT2D eigenvalue weighted by Crippen LogP contribution is 2.34. The zero-order chi connectivity index (χ0) is 12.6. The van der Waals surface area contributed by atoms with Gasteiger partial charge in [0.05, 0.1) is 20.3 Å². The predicted molar refractivity (Wildman–Crippen MR) is 67.4 cm³/mol. The highest BCUT2D eigenvalue weighted by atomic mass is 16.5. The van der Waals surface area contributed by atoms with Gasteiger partial charge < -0.3 is 9.47 Å². The van der Waals surface area contributed by atoms with E-state index in [2.05, 4.69) is 18.2 Å². The third-order valence-corrected chi connectivity index (χ3v) is 4.08. The van der Waals surface area contributed by atoms with Crippen LogP contribution in [-0.4, -0.2) is 26.3 Å². The number of aryl methyl sites for hydroxylation is 2. The summed E-state index contributed by atoms with van der Waals surface area (Å²) in [5.74, 6) is -0.144. The summed E-state index contributed by atoms with van der Waals surface area (Å²) in [5, 5.41) is 0. The Morgan fingerprint density at radius 3 is 2.78 bits per heavy atom. The maximum absolute atomic E-state index is 11.9. The molecule has 0 saturated carbocycles. The molecule has 0 amide bonds. The summed E-state index contributed by atoms with van der Waals surface area (Å²) < 4.78 is 10.1. The molecule has 3 rings (SSSR count). The van der Waals surface area contributed by atoms with Crippen molar-refractivity contribution in [3.8, 4) is 0 Å². The topological polar surface area (TPSA) is 35.5 Å². The molecule has 0 aromatic heterocycles. The largest absolute Gasteiger partial charge is 0.468 e. The van der Waals surface area contributed by atoms with Crippen LogP contribution >= 0.6 is 0 Å². The molecule has 0 bridgehead atoms. The Hall–Kier alpha value is -1.35. The first-order chi connectivity index (χ1) is 8.73. The lowest BCUT2D eigenvalue weighted by atomic mass is 9.79. The Bertz CT molecular complexity index is 475. The number of carbonyl (C=O) groups is 1. The lowest BCUT2D eigenvalue weighted by molar-refractivity contribution is -0.182. The fourth-order valence-electron chi connectivity index (χ4n) is 2.98. The van der Waals surface area contributed by atoms with Crippen LogP contribution in [-0.2, 0) is 33.5 Å². The summed E-state index contributed by atoms with van der Waals surface area (Å²) in [7, 11) is 1.45. The van der Waals surface area contributed by atoms with Gasteiger partial charge in [-0.15, -0.1) is 0 Å². The summed E-state index contributed by atoms with van der Waals surface area (Å²) in [6.07, 6.45) is 4.35. The van der Waals surface area contributed by atoms with Gasteiger partial charge in [-0.05, 0) is 42.4 Å². The Kier molecular flexibility index (Phi) is 2.86. The van der Waals surface area contributed by atoms with Gasteiger partial charge in [-0.1, -0.05) is 18.2 Å². The second kappa shape index (κ2) is 4.39. The van der Waals surface area contributed by atoms with Gasteiger partial charge in [0.25, 0.3) is 0 Å². The molecule has 0 radical (unpaired) electrons. The van der Waals surface area contributed by atoms with E-state index in [0.29, 0.717) is 13.2 Å². The average molecular weight is 246 g/mol. The van der Waals surface area contributed by atoms with Crippen LogP contribution in [0.1, 0.15) is 23.1 Å². The van der Waals surface area contributed by atoms with Crippen molar-refractivity contribution < 1.29 is 14.3 Å². The van der Waals surface area contributed by atoms with E-state index < -0.39 is 5.41 Å². The van der Waals surface area contributed by atoms with Gasteiger partial charge in [-0.2, -0.15) is 0 Å². The molecular weight excluding hydrogens is 228 g/mol. The lowest BCUT2D eigenvalue weighted by Crippen LogP contribution is -2.51. The van der Waals surface area contributed by atoms with E-state index in [0.717, 1.165) is 6.42 Å². The van der Waals surface area contributed by atoms with Crippen LogP contribution in [0.15, 0.2) is 18.2 Å². The van der Waals surface area contributed by atoms with Crippen molar-refractivity contribution in [2.24, 2.45) is 5.41 Å². The van der Waals surface area contributed by atoms with E-state index in [1.165, 1.54) is 43.1 Å². The number of rotatable bonds is 3. The summed E-state index contributed by atoms with van der Waals surface area (Å²) in [6.45, 7) is 0.966. The minimum absolute atomic E-state index is 0.144. The van der Waals surface area contributed by atoms with Crippen LogP contribution in [0.2, 0.25) is 0 Å². The molecule has 1 aromatic rings. The Morgan fingerprint density at radius 2 is 2.11 bits per heavy atom. The maximum atomic E-state index is 11.9. The highest BCUT2D eigenvalue weighted by Gasteiger charge is 2.47. The normalized spacial score (nSPS) is 20.1. The third-order valence-electron chi connectivity index (χ3n) is 4.08. The zero-order valence-electron chi connectivity index (χ0n) is 10.7. The number of esters is 1. The molecule has 1 heterocycles. The van der Waals surface area contributed by atoms with Crippen LogP contribution in [0.5, 0.6) is 0 Å². The van der Waals surface area contributed by atoms with Crippen LogP contribution in [0.3, 0.4) is 0 Å². The molecule has 1 aliphatic heterocycles. The summed E-state index contributed by atoms with van der Waals surface area (Å²) in [4.78, 5) is 11.9. The van der Waals surface area contributed by atoms with Crippen molar-refractivity contribution in [2.45, 2.75) is 25.7 Å². The SMILES string of the molecule is COC(=O)C1(Cc2ccc3c(c2)CCC3)COC1. The zero-order valence-corrected chi connectivity index (χ0v) is 10.7. The smallest absolute Gasteiger partial charge is 0.316 e. The Balaban J connectivity index is 1.81. The molecule has 0 N–H and O–H groups in total. The maximum Gasteiger partial charge on any atom is 0.316 e. The minimum atomic E-state index is -0.443. The van der Waals surface area contributed by atoms with E-state index in [4.69, 9.17) is 9.47 Å². The molecule has 1 aromatic carbocycles. The molecule has 18 heavy (non-hydrogen) atoms. The van der Waals surface area contributed by atoms with Gasteiger partial charge in [-0.25, -0.2) is 0 Å². The molecule has 1 fully saturated rings. The van der Waals surface area contributed by atoms with Gasteiger partial charge in [0.15, 0.2) is 0 Å². The molecule has 0 spiro atoms. The van der Waals surface area contributed by atoms with Gasteiger partial charge in [0, 0.05) is 0 Å². The number of ether oxygens (including phenoxy) is 2. The van der Waals surface area contributed by atoms with Crippen molar-refractivity contribution in [2.75, 3.05) is 20.3 Å².